The summed E-state index contributed by atoms with van der Waals surface area (Å²) < 4.78 is 11.3. The van der Waals surface area contributed by atoms with Crippen LogP contribution in [-0.2, 0) is 10.2 Å². The highest BCUT2D eigenvalue weighted by atomic mass is 16.5. The van der Waals surface area contributed by atoms with Crippen LogP contribution >= 0.6 is 0 Å². The van der Waals surface area contributed by atoms with Crippen LogP contribution in [0.4, 0.5) is 5.69 Å². The first-order chi connectivity index (χ1) is 14.5. The Labute approximate surface area is 178 Å². The number of amides is 1. The van der Waals surface area contributed by atoms with Crippen LogP contribution < -0.4 is 14.8 Å². The second-order valence-electron chi connectivity index (χ2n) is 8.30. The van der Waals surface area contributed by atoms with Gasteiger partial charge in [0.05, 0.1) is 18.6 Å². The van der Waals surface area contributed by atoms with Gasteiger partial charge in [-0.25, -0.2) is 0 Å². The van der Waals surface area contributed by atoms with Gasteiger partial charge in [0.1, 0.15) is 11.5 Å². The van der Waals surface area contributed by atoms with Crippen molar-refractivity contribution in [1.29, 1.82) is 0 Å². The van der Waals surface area contributed by atoms with Crippen molar-refractivity contribution in [3.63, 3.8) is 0 Å². The molecule has 0 saturated heterocycles. The molecule has 0 aromatic heterocycles. The minimum atomic E-state index is -0.500. The van der Waals surface area contributed by atoms with Gasteiger partial charge < -0.3 is 14.8 Å². The lowest BCUT2D eigenvalue weighted by Gasteiger charge is -2.29. The largest absolute Gasteiger partial charge is 0.497 e. The van der Waals surface area contributed by atoms with Gasteiger partial charge in [-0.05, 0) is 56.5 Å². The Kier molecular flexibility index (Phi) is 5.67. The maximum Gasteiger partial charge on any atom is 0.235 e. The summed E-state index contributed by atoms with van der Waals surface area (Å²) in [6.45, 7) is 4.03. The summed E-state index contributed by atoms with van der Waals surface area (Å²) in [5.74, 6) is 1.70. The maximum absolute atomic E-state index is 13.6. The van der Waals surface area contributed by atoms with E-state index in [2.05, 4.69) is 5.32 Å². The number of anilines is 1. The predicted molar refractivity (Wildman–Crippen MR) is 121 cm³/mol. The normalized spacial score (nSPS) is 15.3. The highest BCUT2D eigenvalue weighted by Gasteiger charge is 2.42. The van der Waals surface area contributed by atoms with E-state index in [1.807, 2.05) is 74.5 Å². The van der Waals surface area contributed by atoms with Crippen molar-refractivity contribution >= 4 is 22.4 Å². The van der Waals surface area contributed by atoms with E-state index in [9.17, 15) is 4.79 Å². The van der Waals surface area contributed by atoms with Gasteiger partial charge in [0, 0.05) is 16.5 Å². The molecule has 4 heteroatoms. The molecule has 0 radical (unpaired) electrons. The Balaban J connectivity index is 1.69. The molecule has 4 nitrogen and oxygen atoms in total. The molecule has 1 aliphatic rings. The molecule has 4 rings (SSSR count). The van der Waals surface area contributed by atoms with Gasteiger partial charge in [0.15, 0.2) is 0 Å². The molecule has 0 bridgehead atoms. The minimum absolute atomic E-state index is 0.0628. The van der Waals surface area contributed by atoms with Crippen molar-refractivity contribution in [1.82, 2.24) is 0 Å². The van der Waals surface area contributed by atoms with E-state index in [0.717, 1.165) is 59.2 Å². The number of rotatable bonds is 6. The number of ether oxygens (including phenoxy) is 2. The Morgan fingerprint density at radius 1 is 0.933 bits per heavy atom. The Morgan fingerprint density at radius 2 is 1.60 bits per heavy atom. The van der Waals surface area contributed by atoms with Crippen molar-refractivity contribution < 1.29 is 14.3 Å². The average Bonchev–Trinajstić information content (AvgIpc) is 3.26. The first-order valence-electron chi connectivity index (χ1n) is 10.7. The quantitative estimate of drug-likeness (QED) is 0.542. The molecule has 1 fully saturated rings. The summed E-state index contributed by atoms with van der Waals surface area (Å²) in [6, 6.07) is 19.9. The second kappa shape index (κ2) is 8.39. The van der Waals surface area contributed by atoms with Crippen LogP contribution in [0.2, 0.25) is 0 Å². The molecule has 1 N–H and O–H groups in total. The third-order valence-electron chi connectivity index (χ3n) is 6.03. The zero-order valence-electron chi connectivity index (χ0n) is 17.9. The number of hydrogen-bond acceptors (Lipinski definition) is 3. The van der Waals surface area contributed by atoms with Crippen molar-refractivity contribution in [3.05, 3.63) is 66.2 Å². The number of nitrogens with one attached hydrogen (secondary N) is 1. The van der Waals surface area contributed by atoms with E-state index >= 15 is 0 Å². The van der Waals surface area contributed by atoms with E-state index in [1.54, 1.807) is 7.11 Å². The summed E-state index contributed by atoms with van der Waals surface area (Å²) in [6.07, 6.45) is 3.92. The molecular weight excluding hydrogens is 374 g/mol. The van der Waals surface area contributed by atoms with Crippen LogP contribution in [0.5, 0.6) is 11.5 Å². The summed E-state index contributed by atoms with van der Waals surface area (Å²) in [5.41, 5.74) is 1.38. The summed E-state index contributed by atoms with van der Waals surface area (Å²) in [5, 5.41) is 5.25. The summed E-state index contributed by atoms with van der Waals surface area (Å²) in [7, 11) is 1.66. The van der Waals surface area contributed by atoms with Gasteiger partial charge >= 0.3 is 0 Å². The van der Waals surface area contributed by atoms with E-state index in [0.29, 0.717) is 0 Å². The van der Waals surface area contributed by atoms with Gasteiger partial charge in [-0.2, -0.15) is 0 Å². The number of fused-ring (bicyclic) bond motifs is 1. The zero-order valence-corrected chi connectivity index (χ0v) is 17.9. The lowest BCUT2D eigenvalue weighted by Crippen LogP contribution is -2.38. The fraction of sp³-hybridized carbons (Fsp3) is 0.346. The SMILES string of the molecule is COc1ccc(C2(C(=O)Nc3ccc(OC(C)C)c4ccccc34)CCCC2)cc1. The third kappa shape index (κ3) is 3.74. The molecule has 0 aliphatic heterocycles. The van der Waals surface area contributed by atoms with Crippen molar-refractivity contribution in [2.45, 2.75) is 51.0 Å². The fourth-order valence-corrected chi connectivity index (χ4v) is 4.51. The second-order valence-corrected chi connectivity index (χ2v) is 8.30. The van der Waals surface area contributed by atoms with Gasteiger partial charge in [-0.1, -0.05) is 49.2 Å². The molecular formula is C26H29NO3. The van der Waals surface area contributed by atoms with Crippen LogP contribution in [0.1, 0.15) is 45.1 Å². The maximum atomic E-state index is 13.6. The van der Waals surface area contributed by atoms with Crippen molar-refractivity contribution in [3.8, 4) is 11.5 Å². The molecule has 3 aromatic carbocycles. The molecule has 1 aliphatic carbocycles. The van der Waals surface area contributed by atoms with E-state index < -0.39 is 5.41 Å². The van der Waals surface area contributed by atoms with Gasteiger partial charge in [0.25, 0.3) is 0 Å². The van der Waals surface area contributed by atoms with Crippen molar-refractivity contribution in [2.24, 2.45) is 0 Å². The molecule has 0 spiro atoms. The Hall–Kier alpha value is -3.01. The van der Waals surface area contributed by atoms with Gasteiger partial charge in [0.2, 0.25) is 5.91 Å². The summed E-state index contributed by atoms with van der Waals surface area (Å²) >= 11 is 0. The first kappa shape index (κ1) is 20.3. The number of carbonyl (C=O) groups excluding carboxylic acids is 1. The van der Waals surface area contributed by atoms with E-state index in [1.165, 1.54) is 0 Å². The van der Waals surface area contributed by atoms with Gasteiger partial charge in [-0.15, -0.1) is 0 Å². The first-order valence-corrected chi connectivity index (χ1v) is 10.7. The van der Waals surface area contributed by atoms with Crippen LogP contribution in [-0.4, -0.2) is 19.1 Å². The van der Waals surface area contributed by atoms with Crippen LogP contribution in [0.3, 0.4) is 0 Å². The van der Waals surface area contributed by atoms with Crippen LogP contribution in [0.15, 0.2) is 60.7 Å². The number of methoxy groups -OCH3 is 1. The van der Waals surface area contributed by atoms with E-state index in [4.69, 9.17) is 9.47 Å². The number of hydrogen-bond donors (Lipinski definition) is 1. The zero-order chi connectivity index (χ0) is 21.1. The average molecular weight is 404 g/mol. The number of benzene rings is 3. The molecule has 1 saturated carbocycles. The molecule has 0 heterocycles. The third-order valence-corrected chi connectivity index (χ3v) is 6.03. The fourth-order valence-electron chi connectivity index (χ4n) is 4.51. The van der Waals surface area contributed by atoms with Crippen LogP contribution in [0, 0.1) is 0 Å². The van der Waals surface area contributed by atoms with Gasteiger partial charge in [-0.3, -0.25) is 4.79 Å². The van der Waals surface area contributed by atoms with Crippen molar-refractivity contribution in [2.75, 3.05) is 12.4 Å². The Morgan fingerprint density at radius 3 is 2.23 bits per heavy atom. The number of carbonyl (C=O) groups is 1. The molecule has 0 atom stereocenters. The molecule has 30 heavy (non-hydrogen) atoms. The minimum Gasteiger partial charge on any atom is -0.497 e. The van der Waals surface area contributed by atoms with E-state index in [-0.39, 0.29) is 12.0 Å². The molecule has 1 amide bonds. The molecule has 3 aromatic rings. The molecule has 0 unspecified atom stereocenters. The molecule has 156 valence electrons. The smallest absolute Gasteiger partial charge is 0.235 e. The van der Waals surface area contributed by atoms with Crippen LogP contribution in [0.25, 0.3) is 10.8 Å². The highest BCUT2D eigenvalue weighted by Crippen LogP contribution is 2.43. The lowest BCUT2D eigenvalue weighted by molar-refractivity contribution is -0.121. The summed E-state index contributed by atoms with van der Waals surface area (Å²) in [4.78, 5) is 13.6. The lowest BCUT2D eigenvalue weighted by atomic mass is 9.78. The monoisotopic (exact) mass is 403 g/mol. The topological polar surface area (TPSA) is 47.6 Å². The highest BCUT2D eigenvalue weighted by molar-refractivity contribution is 6.07. The predicted octanol–water partition coefficient (Wildman–Crippen LogP) is 6.09. The Bertz CT molecular complexity index is 1030. The standard InChI is InChI=1S/C26H29NO3/c1-18(2)30-24-15-14-23(21-8-4-5-9-22(21)24)27-25(28)26(16-6-7-17-26)19-10-12-20(29-3)13-11-19/h4-5,8-15,18H,6-7,16-17H2,1-3H3,(H,27,28).